The van der Waals surface area contributed by atoms with Gasteiger partial charge in [0.25, 0.3) is 0 Å². The molecule has 0 N–H and O–H groups in total. The molecular formula is C12H17F4O5S-. The minimum atomic E-state index is -6.45. The topological polar surface area (TPSA) is 83.5 Å². The molecule has 10 heteroatoms. The van der Waals surface area contributed by atoms with Gasteiger partial charge in [0.05, 0.1) is 12.5 Å². The lowest BCUT2D eigenvalue weighted by molar-refractivity contribution is -0.165. The van der Waals surface area contributed by atoms with E-state index in [1.165, 1.54) is 0 Å². The molecule has 0 heterocycles. The van der Waals surface area contributed by atoms with E-state index in [-0.39, 0.29) is 18.9 Å². The van der Waals surface area contributed by atoms with Gasteiger partial charge in [-0.15, -0.1) is 0 Å². The van der Waals surface area contributed by atoms with Crippen LogP contribution in [0.2, 0.25) is 0 Å². The van der Waals surface area contributed by atoms with Crippen molar-refractivity contribution in [3.63, 3.8) is 0 Å². The predicted molar refractivity (Wildman–Crippen MR) is 66.4 cm³/mol. The van der Waals surface area contributed by atoms with E-state index in [2.05, 4.69) is 0 Å². The molecule has 1 aliphatic carbocycles. The van der Waals surface area contributed by atoms with Gasteiger partial charge < -0.3 is 9.29 Å². The molecule has 0 saturated heterocycles. The number of carbonyl (C=O) groups excluding carboxylic acids is 1. The third-order valence-corrected chi connectivity index (χ3v) is 4.48. The first-order valence-electron chi connectivity index (χ1n) is 6.87. The smallest absolute Gasteiger partial charge is 0.396 e. The lowest BCUT2D eigenvalue weighted by atomic mass is 10.1. The van der Waals surface area contributed by atoms with Crippen molar-refractivity contribution in [2.75, 3.05) is 6.61 Å². The van der Waals surface area contributed by atoms with E-state index in [0.29, 0.717) is 12.8 Å². The van der Waals surface area contributed by atoms with Crippen LogP contribution in [0.1, 0.15) is 44.9 Å². The summed E-state index contributed by atoms with van der Waals surface area (Å²) in [5.41, 5.74) is 0. The van der Waals surface area contributed by atoms with Crippen LogP contribution < -0.4 is 0 Å². The second-order valence-electron chi connectivity index (χ2n) is 5.28. The molecule has 0 unspecified atom stereocenters. The summed E-state index contributed by atoms with van der Waals surface area (Å²) >= 11 is 0. The lowest BCUT2D eigenvalue weighted by Gasteiger charge is -2.28. The zero-order chi connectivity index (χ0) is 17.0. The molecule has 0 aliphatic heterocycles. The van der Waals surface area contributed by atoms with E-state index in [4.69, 9.17) is 4.74 Å². The molecule has 1 rings (SSSR count). The lowest BCUT2D eigenvalue weighted by Crippen LogP contribution is -2.46. The van der Waals surface area contributed by atoms with Crippen molar-refractivity contribution in [1.29, 1.82) is 0 Å². The summed E-state index contributed by atoms with van der Waals surface area (Å²) in [7, 11) is -6.45. The van der Waals surface area contributed by atoms with Gasteiger partial charge in [-0.1, -0.05) is 12.8 Å². The van der Waals surface area contributed by atoms with Gasteiger partial charge in [0, 0.05) is 6.42 Å². The number of rotatable bonds is 8. The Hall–Kier alpha value is -0.900. The van der Waals surface area contributed by atoms with Gasteiger partial charge in [-0.05, 0) is 25.7 Å². The molecule has 0 spiro atoms. The Morgan fingerprint density at radius 3 is 2.18 bits per heavy atom. The average molecular weight is 349 g/mol. The highest BCUT2D eigenvalue weighted by Crippen LogP contribution is 2.41. The van der Waals surface area contributed by atoms with E-state index in [1.54, 1.807) is 0 Å². The molecule has 0 radical (unpaired) electrons. The van der Waals surface area contributed by atoms with Crippen LogP contribution in [-0.4, -0.2) is 36.7 Å². The number of ether oxygens (including phenoxy) is 1. The van der Waals surface area contributed by atoms with Crippen molar-refractivity contribution in [2.24, 2.45) is 5.92 Å². The van der Waals surface area contributed by atoms with Gasteiger partial charge in [-0.2, -0.15) is 17.6 Å². The minimum absolute atomic E-state index is 0.122. The van der Waals surface area contributed by atoms with E-state index in [1.807, 2.05) is 0 Å². The predicted octanol–water partition coefficient (Wildman–Crippen LogP) is 2.66. The Kier molecular flexibility index (Phi) is 6.19. The van der Waals surface area contributed by atoms with Gasteiger partial charge in [0.2, 0.25) is 0 Å². The molecule has 0 aromatic rings. The van der Waals surface area contributed by atoms with Crippen LogP contribution in [0.25, 0.3) is 0 Å². The van der Waals surface area contributed by atoms with E-state index < -0.39 is 40.1 Å². The molecule has 130 valence electrons. The Morgan fingerprint density at radius 2 is 1.68 bits per heavy atom. The molecule has 0 atom stereocenters. The van der Waals surface area contributed by atoms with Crippen molar-refractivity contribution < 1.29 is 40.1 Å². The van der Waals surface area contributed by atoms with E-state index >= 15 is 0 Å². The number of hydrogen-bond acceptors (Lipinski definition) is 5. The number of carbonyl (C=O) groups is 1. The molecular weight excluding hydrogens is 332 g/mol. The summed E-state index contributed by atoms with van der Waals surface area (Å²) in [4.78, 5) is 11.5. The first-order chi connectivity index (χ1) is 9.99. The zero-order valence-electron chi connectivity index (χ0n) is 11.7. The van der Waals surface area contributed by atoms with Crippen molar-refractivity contribution >= 4 is 16.1 Å². The van der Waals surface area contributed by atoms with E-state index in [9.17, 15) is 35.3 Å². The zero-order valence-corrected chi connectivity index (χ0v) is 12.5. The summed E-state index contributed by atoms with van der Waals surface area (Å²) < 4.78 is 87.2. The van der Waals surface area contributed by atoms with Crippen molar-refractivity contribution in [3.8, 4) is 0 Å². The maximum absolute atomic E-state index is 13.1. The van der Waals surface area contributed by atoms with E-state index in [0.717, 1.165) is 12.8 Å². The highest BCUT2D eigenvalue weighted by molar-refractivity contribution is 7.86. The third-order valence-electron chi connectivity index (χ3n) is 3.56. The second-order valence-corrected chi connectivity index (χ2v) is 6.70. The number of alkyl halides is 4. The molecule has 0 amide bonds. The molecule has 22 heavy (non-hydrogen) atoms. The fourth-order valence-electron chi connectivity index (χ4n) is 2.23. The van der Waals surface area contributed by atoms with Crippen LogP contribution in [0.3, 0.4) is 0 Å². The van der Waals surface area contributed by atoms with Crippen LogP contribution >= 0.6 is 0 Å². The molecule has 5 nitrogen and oxygen atoms in total. The normalized spacial score (nSPS) is 17.7. The molecule has 1 saturated carbocycles. The molecule has 0 aromatic heterocycles. The molecule has 0 aromatic carbocycles. The monoisotopic (exact) mass is 349 g/mol. The average Bonchev–Trinajstić information content (AvgIpc) is 2.90. The van der Waals surface area contributed by atoms with Crippen LogP contribution in [0, 0.1) is 5.92 Å². The van der Waals surface area contributed by atoms with Crippen LogP contribution in [0.15, 0.2) is 0 Å². The third kappa shape index (κ3) is 4.55. The first kappa shape index (κ1) is 19.1. The first-order valence-corrected chi connectivity index (χ1v) is 8.27. The fraction of sp³-hybridized carbons (Fsp3) is 0.917. The Bertz CT molecular complexity index is 486. The summed E-state index contributed by atoms with van der Waals surface area (Å²) in [6, 6.07) is 0. The van der Waals surface area contributed by atoms with Gasteiger partial charge in [0.15, 0.2) is 10.1 Å². The maximum atomic E-state index is 13.1. The summed E-state index contributed by atoms with van der Waals surface area (Å²) in [5.74, 6) is -5.59. The van der Waals surface area contributed by atoms with Crippen molar-refractivity contribution in [2.45, 2.75) is 56.1 Å². The number of unbranched alkanes of at least 4 members (excludes halogenated alkanes) is 1. The SMILES string of the molecule is O=C(OCCCCC(F)(F)C(F)(F)S(=O)(=O)[O-])C1CCCC1. The number of esters is 1. The summed E-state index contributed by atoms with van der Waals surface area (Å²) in [6.45, 7) is -0.207. The standard InChI is InChI=1S/C12H18F4O5S/c13-11(14,12(15,16)22(18,19)20)7-3-4-8-21-10(17)9-5-1-2-6-9/h9H,1-8H2,(H,18,19,20)/p-1. The maximum Gasteiger partial charge on any atom is 0.396 e. The van der Waals surface area contributed by atoms with Gasteiger partial charge in [0.1, 0.15) is 0 Å². The number of hydrogen-bond donors (Lipinski definition) is 0. The quantitative estimate of drug-likeness (QED) is 0.291. The fourth-order valence-corrected chi connectivity index (χ4v) is 2.70. The van der Waals surface area contributed by atoms with Crippen LogP contribution in [0.5, 0.6) is 0 Å². The van der Waals surface area contributed by atoms with Gasteiger partial charge in [-0.3, -0.25) is 4.79 Å². The molecule has 1 aliphatic rings. The molecule has 0 bridgehead atoms. The minimum Gasteiger partial charge on any atom is -0.743 e. The largest absolute Gasteiger partial charge is 0.743 e. The highest BCUT2D eigenvalue weighted by atomic mass is 32.2. The highest BCUT2D eigenvalue weighted by Gasteiger charge is 2.60. The Labute approximate surface area is 125 Å². The Balaban J connectivity index is 2.32. The summed E-state index contributed by atoms with van der Waals surface area (Å²) in [6.07, 6.45) is 1.16. The van der Waals surface area contributed by atoms with Crippen LogP contribution in [0.4, 0.5) is 17.6 Å². The van der Waals surface area contributed by atoms with Crippen molar-refractivity contribution in [3.05, 3.63) is 0 Å². The van der Waals surface area contributed by atoms with Gasteiger partial charge in [-0.25, -0.2) is 8.42 Å². The van der Waals surface area contributed by atoms with Crippen LogP contribution in [-0.2, 0) is 19.6 Å². The van der Waals surface area contributed by atoms with Crippen molar-refractivity contribution in [1.82, 2.24) is 0 Å². The molecule has 1 fully saturated rings. The van der Waals surface area contributed by atoms with Gasteiger partial charge >= 0.3 is 17.1 Å². The Morgan fingerprint density at radius 1 is 1.14 bits per heavy atom. The summed E-state index contributed by atoms with van der Waals surface area (Å²) in [5, 5.41) is -5.65. The second kappa shape index (κ2) is 7.12. The number of halogens is 4.